The van der Waals surface area contributed by atoms with Crippen molar-refractivity contribution in [1.29, 1.82) is 0 Å². The van der Waals surface area contributed by atoms with E-state index in [0.29, 0.717) is 17.6 Å². The highest BCUT2D eigenvalue weighted by Crippen LogP contribution is 2.20. The fraction of sp³-hybridized carbons (Fsp3) is 0.533. The summed E-state index contributed by atoms with van der Waals surface area (Å²) in [5.74, 6) is -0.00429. The zero-order chi connectivity index (χ0) is 14.8. The van der Waals surface area contributed by atoms with Crippen molar-refractivity contribution in [3.8, 4) is 0 Å². The molecular formula is C15H20ClN3O2. The molecule has 5 nitrogen and oxygen atoms in total. The zero-order valence-corrected chi connectivity index (χ0v) is 12.8. The molecule has 2 heterocycles. The molecule has 0 saturated carbocycles. The summed E-state index contributed by atoms with van der Waals surface area (Å²) in [4.78, 5) is 14.3. The second-order valence-electron chi connectivity index (χ2n) is 5.68. The van der Waals surface area contributed by atoms with E-state index in [1.54, 1.807) is 6.07 Å². The van der Waals surface area contributed by atoms with E-state index >= 15 is 0 Å². The van der Waals surface area contributed by atoms with Crippen LogP contribution in [0.25, 0.3) is 0 Å². The first kappa shape index (κ1) is 14.8. The number of hydrogen-bond donors (Lipinski definition) is 2. The van der Waals surface area contributed by atoms with Crippen LogP contribution in [0.3, 0.4) is 0 Å². The molecule has 2 atom stereocenters. The molecule has 0 aliphatic carbocycles. The van der Waals surface area contributed by atoms with Crippen molar-refractivity contribution in [2.75, 3.05) is 38.1 Å². The summed E-state index contributed by atoms with van der Waals surface area (Å²) in [6.45, 7) is 5.63. The fourth-order valence-electron chi connectivity index (χ4n) is 2.93. The van der Waals surface area contributed by atoms with Crippen molar-refractivity contribution in [2.45, 2.75) is 19.1 Å². The van der Waals surface area contributed by atoms with Crippen LogP contribution in [-0.4, -0.2) is 55.7 Å². The van der Waals surface area contributed by atoms with E-state index in [2.05, 4.69) is 15.5 Å². The summed E-state index contributed by atoms with van der Waals surface area (Å²) in [5.41, 5.74) is 1.74. The quantitative estimate of drug-likeness (QED) is 0.882. The molecule has 0 bridgehead atoms. The van der Waals surface area contributed by atoms with Gasteiger partial charge in [-0.1, -0.05) is 11.6 Å². The molecule has 2 N–H and O–H groups in total. The molecule has 2 saturated heterocycles. The normalized spacial score (nSPS) is 25.6. The molecule has 0 aromatic heterocycles. The molecule has 1 aromatic carbocycles. The molecule has 3 rings (SSSR count). The Balaban J connectivity index is 1.53. The first-order valence-electron chi connectivity index (χ1n) is 7.25. The van der Waals surface area contributed by atoms with Crippen LogP contribution in [0.4, 0.5) is 5.69 Å². The SMILES string of the molecule is Cc1cc(NC(=O)CN2C[C@@H]3NCCO[C@H]3C2)ccc1Cl. The fourth-order valence-corrected chi connectivity index (χ4v) is 3.04. The molecule has 2 aliphatic rings. The van der Waals surface area contributed by atoms with Crippen LogP contribution in [0.1, 0.15) is 5.56 Å². The summed E-state index contributed by atoms with van der Waals surface area (Å²) >= 11 is 5.98. The Bertz CT molecular complexity index is 524. The van der Waals surface area contributed by atoms with Crippen LogP contribution in [0.15, 0.2) is 18.2 Å². The van der Waals surface area contributed by atoms with Crippen LogP contribution in [-0.2, 0) is 9.53 Å². The Labute approximate surface area is 129 Å². The Hall–Kier alpha value is -1.14. The number of likely N-dealkylation sites (tertiary alicyclic amines) is 1. The number of morpholine rings is 1. The second-order valence-corrected chi connectivity index (χ2v) is 6.08. The van der Waals surface area contributed by atoms with E-state index in [9.17, 15) is 4.79 Å². The summed E-state index contributed by atoms with van der Waals surface area (Å²) in [6.07, 6.45) is 0.212. The maximum Gasteiger partial charge on any atom is 0.238 e. The van der Waals surface area contributed by atoms with Crippen LogP contribution in [0.2, 0.25) is 5.02 Å². The van der Waals surface area contributed by atoms with Gasteiger partial charge < -0.3 is 15.4 Å². The highest BCUT2D eigenvalue weighted by Gasteiger charge is 2.35. The average molecular weight is 310 g/mol. The first-order valence-corrected chi connectivity index (χ1v) is 7.63. The number of anilines is 1. The number of fused-ring (bicyclic) bond motifs is 1. The number of aryl methyl sites for hydroxylation is 1. The minimum absolute atomic E-state index is 0.00429. The lowest BCUT2D eigenvalue weighted by Gasteiger charge is -2.25. The first-order chi connectivity index (χ1) is 10.1. The number of nitrogens with one attached hydrogen (secondary N) is 2. The van der Waals surface area contributed by atoms with Crippen molar-refractivity contribution < 1.29 is 9.53 Å². The van der Waals surface area contributed by atoms with Crippen LogP contribution >= 0.6 is 11.6 Å². The third-order valence-corrected chi connectivity index (χ3v) is 4.42. The maximum absolute atomic E-state index is 12.1. The van der Waals surface area contributed by atoms with Crippen LogP contribution < -0.4 is 10.6 Å². The van der Waals surface area contributed by atoms with Gasteiger partial charge in [0.2, 0.25) is 5.91 Å². The third-order valence-electron chi connectivity index (χ3n) is 3.99. The Kier molecular flexibility index (Phi) is 4.45. The van der Waals surface area contributed by atoms with Gasteiger partial charge in [0.1, 0.15) is 0 Å². The van der Waals surface area contributed by atoms with E-state index in [0.717, 1.165) is 37.5 Å². The monoisotopic (exact) mass is 309 g/mol. The van der Waals surface area contributed by atoms with Crippen molar-refractivity contribution in [3.05, 3.63) is 28.8 Å². The molecule has 2 aliphatic heterocycles. The smallest absolute Gasteiger partial charge is 0.238 e. The molecule has 0 unspecified atom stereocenters. The Morgan fingerprint density at radius 3 is 3.14 bits per heavy atom. The van der Waals surface area contributed by atoms with Gasteiger partial charge in [-0.2, -0.15) is 0 Å². The standard InChI is InChI=1S/C15H20ClN3O2/c1-10-6-11(2-3-12(10)16)18-15(20)9-19-7-13-14(8-19)21-5-4-17-13/h2-3,6,13-14,17H,4-5,7-9H2,1H3,(H,18,20)/t13-,14-/m0/s1. The highest BCUT2D eigenvalue weighted by molar-refractivity contribution is 6.31. The zero-order valence-electron chi connectivity index (χ0n) is 12.1. The molecular weight excluding hydrogens is 290 g/mol. The van der Waals surface area contributed by atoms with Gasteiger partial charge in [0.25, 0.3) is 0 Å². The minimum Gasteiger partial charge on any atom is -0.374 e. The maximum atomic E-state index is 12.1. The number of hydrogen-bond acceptors (Lipinski definition) is 4. The number of ether oxygens (including phenoxy) is 1. The molecule has 0 radical (unpaired) electrons. The second kappa shape index (κ2) is 6.32. The lowest BCUT2D eigenvalue weighted by atomic mass is 10.2. The van der Waals surface area contributed by atoms with Gasteiger partial charge in [-0.05, 0) is 30.7 Å². The van der Waals surface area contributed by atoms with E-state index in [1.165, 1.54) is 0 Å². The molecule has 114 valence electrons. The Morgan fingerprint density at radius 1 is 1.52 bits per heavy atom. The van der Waals surface area contributed by atoms with Gasteiger partial charge >= 0.3 is 0 Å². The molecule has 21 heavy (non-hydrogen) atoms. The molecule has 1 aromatic rings. The molecule has 1 amide bonds. The molecule has 2 fully saturated rings. The van der Waals surface area contributed by atoms with Gasteiger partial charge in [-0.15, -0.1) is 0 Å². The van der Waals surface area contributed by atoms with E-state index < -0.39 is 0 Å². The summed E-state index contributed by atoms with van der Waals surface area (Å²) in [6, 6.07) is 5.86. The van der Waals surface area contributed by atoms with Gasteiger partial charge in [-0.3, -0.25) is 9.69 Å². The van der Waals surface area contributed by atoms with Gasteiger partial charge in [-0.25, -0.2) is 0 Å². The van der Waals surface area contributed by atoms with Crippen molar-refractivity contribution in [1.82, 2.24) is 10.2 Å². The topological polar surface area (TPSA) is 53.6 Å². The predicted molar refractivity (Wildman–Crippen MR) is 82.8 cm³/mol. The van der Waals surface area contributed by atoms with Gasteiger partial charge in [0.05, 0.1) is 19.3 Å². The number of nitrogens with zero attached hydrogens (tertiary/aromatic N) is 1. The van der Waals surface area contributed by atoms with Gasteiger partial charge in [0, 0.05) is 36.4 Å². The van der Waals surface area contributed by atoms with E-state index in [-0.39, 0.29) is 12.0 Å². The lowest BCUT2D eigenvalue weighted by molar-refractivity contribution is -0.117. The van der Waals surface area contributed by atoms with Crippen molar-refractivity contribution in [2.24, 2.45) is 0 Å². The summed E-state index contributed by atoms with van der Waals surface area (Å²) in [5, 5.41) is 7.06. The number of carbonyl (C=O) groups excluding carboxylic acids is 1. The summed E-state index contributed by atoms with van der Waals surface area (Å²) in [7, 11) is 0. The predicted octanol–water partition coefficient (Wildman–Crippen LogP) is 1.26. The lowest BCUT2D eigenvalue weighted by Crippen LogP contribution is -2.47. The molecule has 6 heteroatoms. The van der Waals surface area contributed by atoms with Crippen molar-refractivity contribution in [3.63, 3.8) is 0 Å². The third kappa shape index (κ3) is 3.55. The van der Waals surface area contributed by atoms with E-state index in [4.69, 9.17) is 16.3 Å². The van der Waals surface area contributed by atoms with Gasteiger partial charge in [0.15, 0.2) is 0 Å². The number of benzene rings is 1. The molecule has 0 spiro atoms. The van der Waals surface area contributed by atoms with Crippen molar-refractivity contribution >= 4 is 23.2 Å². The number of carbonyl (C=O) groups is 1. The summed E-state index contributed by atoms with van der Waals surface area (Å²) < 4.78 is 5.71. The van der Waals surface area contributed by atoms with E-state index in [1.807, 2.05) is 19.1 Å². The number of halogens is 1. The average Bonchev–Trinajstić information content (AvgIpc) is 2.84. The highest BCUT2D eigenvalue weighted by atomic mass is 35.5. The largest absolute Gasteiger partial charge is 0.374 e. The number of amides is 1. The van der Waals surface area contributed by atoms with Crippen LogP contribution in [0, 0.1) is 6.92 Å². The number of rotatable bonds is 3. The Morgan fingerprint density at radius 2 is 2.38 bits per heavy atom. The van der Waals surface area contributed by atoms with Crippen LogP contribution in [0.5, 0.6) is 0 Å². The minimum atomic E-state index is -0.00429.